The Labute approximate surface area is 94.1 Å². The third-order valence-corrected chi connectivity index (χ3v) is 2.08. The van der Waals surface area contributed by atoms with Crippen molar-refractivity contribution >= 4 is 0 Å². The van der Waals surface area contributed by atoms with Crippen LogP contribution in [0.15, 0.2) is 36.7 Å². The van der Waals surface area contributed by atoms with Gasteiger partial charge < -0.3 is 10.5 Å². The Bertz CT molecular complexity index is 471. The molecular formula is C12H13N3O. The largest absolute Gasteiger partial charge is 0.437 e. The highest BCUT2D eigenvalue weighted by molar-refractivity contribution is 5.28. The molecular weight excluding hydrogens is 202 g/mol. The third kappa shape index (κ3) is 2.55. The van der Waals surface area contributed by atoms with Gasteiger partial charge in [0, 0.05) is 24.5 Å². The molecule has 2 heterocycles. The van der Waals surface area contributed by atoms with Crippen LogP contribution in [0.2, 0.25) is 0 Å². The fourth-order valence-corrected chi connectivity index (χ4v) is 1.41. The van der Waals surface area contributed by atoms with Gasteiger partial charge in [0.25, 0.3) is 0 Å². The summed E-state index contributed by atoms with van der Waals surface area (Å²) in [4.78, 5) is 8.24. The van der Waals surface area contributed by atoms with Crippen LogP contribution >= 0.6 is 0 Å². The van der Waals surface area contributed by atoms with Crippen molar-refractivity contribution in [2.24, 2.45) is 5.73 Å². The van der Waals surface area contributed by atoms with Gasteiger partial charge in [0.2, 0.25) is 5.88 Å². The Balaban J connectivity index is 2.24. The van der Waals surface area contributed by atoms with Crippen LogP contribution in [0, 0.1) is 6.92 Å². The first-order valence-electron chi connectivity index (χ1n) is 5.03. The number of pyridine rings is 2. The minimum atomic E-state index is 0.479. The van der Waals surface area contributed by atoms with Crippen molar-refractivity contribution in [3.63, 3.8) is 0 Å². The molecule has 0 unspecified atom stereocenters. The van der Waals surface area contributed by atoms with E-state index >= 15 is 0 Å². The number of nitrogens with zero attached hydrogens (tertiary/aromatic N) is 2. The van der Waals surface area contributed by atoms with Gasteiger partial charge in [-0.05, 0) is 30.7 Å². The highest BCUT2D eigenvalue weighted by atomic mass is 16.5. The first kappa shape index (κ1) is 10.6. The number of aryl methyl sites for hydroxylation is 1. The van der Waals surface area contributed by atoms with Gasteiger partial charge in [-0.1, -0.05) is 0 Å². The lowest BCUT2D eigenvalue weighted by Gasteiger charge is -2.06. The summed E-state index contributed by atoms with van der Waals surface area (Å²) in [5.74, 6) is 1.22. The summed E-state index contributed by atoms with van der Waals surface area (Å²) >= 11 is 0. The van der Waals surface area contributed by atoms with Crippen molar-refractivity contribution in [1.82, 2.24) is 9.97 Å². The summed E-state index contributed by atoms with van der Waals surface area (Å²) in [6, 6.07) is 7.42. The Morgan fingerprint density at radius 1 is 1.38 bits per heavy atom. The lowest BCUT2D eigenvalue weighted by Crippen LogP contribution is -1.99. The highest BCUT2D eigenvalue weighted by Gasteiger charge is 2.01. The van der Waals surface area contributed by atoms with E-state index in [1.807, 2.05) is 31.2 Å². The molecule has 0 aliphatic heterocycles. The van der Waals surface area contributed by atoms with Crippen LogP contribution in [0.25, 0.3) is 0 Å². The lowest BCUT2D eigenvalue weighted by atomic mass is 10.2. The van der Waals surface area contributed by atoms with E-state index in [1.165, 1.54) is 0 Å². The predicted molar refractivity (Wildman–Crippen MR) is 61.2 cm³/mol. The summed E-state index contributed by atoms with van der Waals surface area (Å²) in [6.45, 7) is 2.39. The molecule has 2 aromatic rings. The molecule has 82 valence electrons. The summed E-state index contributed by atoms with van der Waals surface area (Å²) in [5.41, 5.74) is 7.48. The molecule has 0 aliphatic rings. The number of rotatable bonds is 3. The van der Waals surface area contributed by atoms with Crippen molar-refractivity contribution in [2.75, 3.05) is 0 Å². The fraction of sp³-hybridized carbons (Fsp3) is 0.167. The molecule has 16 heavy (non-hydrogen) atoms. The fourth-order valence-electron chi connectivity index (χ4n) is 1.41. The van der Waals surface area contributed by atoms with Crippen LogP contribution in [-0.2, 0) is 6.54 Å². The molecule has 0 radical (unpaired) electrons. The Kier molecular flexibility index (Phi) is 3.12. The second-order valence-electron chi connectivity index (χ2n) is 3.45. The monoisotopic (exact) mass is 215 g/mol. The van der Waals surface area contributed by atoms with Crippen LogP contribution in [0.3, 0.4) is 0 Å². The van der Waals surface area contributed by atoms with E-state index < -0.39 is 0 Å². The molecule has 2 aromatic heterocycles. The van der Waals surface area contributed by atoms with Gasteiger partial charge in [0.1, 0.15) is 5.75 Å². The maximum Gasteiger partial charge on any atom is 0.219 e. The number of nitrogens with two attached hydrogens (primary N) is 1. The van der Waals surface area contributed by atoms with E-state index in [2.05, 4.69) is 9.97 Å². The van der Waals surface area contributed by atoms with Crippen molar-refractivity contribution in [3.05, 3.63) is 47.9 Å². The molecule has 4 nitrogen and oxygen atoms in total. The topological polar surface area (TPSA) is 61.0 Å². The second kappa shape index (κ2) is 4.72. The number of hydrogen-bond donors (Lipinski definition) is 1. The van der Waals surface area contributed by atoms with E-state index in [1.54, 1.807) is 12.4 Å². The van der Waals surface area contributed by atoms with Gasteiger partial charge >= 0.3 is 0 Å². The van der Waals surface area contributed by atoms with E-state index in [-0.39, 0.29) is 0 Å². The molecule has 0 fully saturated rings. The van der Waals surface area contributed by atoms with Crippen molar-refractivity contribution in [3.8, 4) is 11.6 Å². The maximum atomic E-state index is 5.59. The minimum Gasteiger partial charge on any atom is -0.437 e. The van der Waals surface area contributed by atoms with Gasteiger partial charge in [0.15, 0.2) is 0 Å². The molecule has 0 aliphatic carbocycles. The summed E-state index contributed by atoms with van der Waals surface area (Å²) in [6.07, 6.45) is 3.34. The molecule has 0 saturated heterocycles. The number of hydrogen-bond acceptors (Lipinski definition) is 4. The first-order chi connectivity index (χ1) is 7.78. The third-order valence-electron chi connectivity index (χ3n) is 2.08. The molecule has 0 amide bonds. The van der Waals surface area contributed by atoms with E-state index in [9.17, 15) is 0 Å². The maximum absolute atomic E-state index is 5.59. The standard InChI is InChI=1S/C12H13N3O/c1-9-5-10(7-13)6-12(15-9)16-11-3-2-4-14-8-11/h2-6,8H,7,13H2,1H3. The van der Waals surface area contributed by atoms with Crippen molar-refractivity contribution in [2.45, 2.75) is 13.5 Å². The summed E-state index contributed by atoms with van der Waals surface area (Å²) in [7, 11) is 0. The average Bonchev–Trinajstić information content (AvgIpc) is 2.29. The molecule has 0 bridgehead atoms. The van der Waals surface area contributed by atoms with Gasteiger partial charge in [-0.15, -0.1) is 0 Å². The zero-order valence-electron chi connectivity index (χ0n) is 9.05. The summed E-state index contributed by atoms with van der Waals surface area (Å²) < 4.78 is 5.57. The van der Waals surface area contributed by atoms with E-state index in [0.717, 1.165) is 11.3 Å². The van der Waals surface area contributed by atoms with Crippen LogP contribution < -0.4 is 10.5 Å². The average molecular weight is 215 g/mol. The Morgan fingerprint density at radius 2 is 2.25 bits per heavy atom. The van der Waals surface area contributed by atoms with Gasteiger partial charge in [-0.3, -0.25) is 4.98 Å². The van der Waals surface area contributed by atoms with Crippen LogP contribution in [0.1, 0.15) is 11.3 Å². The highest BCUT2D eigenvalue weighted by Crippen LogP contribution is 2.19. The van der Waals surface area contributed by atoms with E-state index in [4.69, 9.17) is 10.5 Å². The van der Waals surface area contributed by atoms with Gasteiger partial charge in [0.05, 0.1) is 6.20 Å². The molecule has 2 rings (SSSR count). The van der Waals surface area contributed by atoms with Crippen molar-refractivity contribution in [1.29, 1.82) is 0 Å². The SMILES string of the molecule is Cc1cc(CN)cc(Oc2cccnc2)n1. The van der Waals surface area contributed by atoms with Crippen molar-refractivity contribution < 1.29 is 4.74 Å². The predicted octanol–water partition coefficient (Wildman–Crippen LogP) is 2.04. The molecule has 0 atom stereocenters. The summed E-state index contributed by atoms with van der Waals surface area (Å²) in [5, 5.41) is 0. The normalized spacial score (nSPS) is 10.1. The molecule has 0 aromatic carbocycles. The number of ether oxygens (including phenoxy) is 1. The lowest BCUT2D eigenvalue weighted by molar-refractivity contribution is 0.458. The van der Waals surface area contributed by atoms with Gasteiger partial charge in [-0.2, -0.15) is 0 Å². The van der Waals surface area contributed by atoms with Gasteiger partial charge in [-0.25, -0.2) is 4.98 Å². The van der Waals surface area contributed by atoms with Crippen LogP contribution in [0.5, 0.6) is 11.6 Å². The zero-order chi connectivity index (χ0) is 11.4. The zero-order valence-corrected chi connectivity index (χ0v) is 9.05. The minimum absolute atomic E-state index is 0.479. The Hall–Kier alpha value is -1.94. The first-order valence-corrected chi connectivity index (χ1v) is 5.03. The molecule has 4 heteroatoms. The molecule has 0 spiro atoms. The quantitative estimate of drug-likeness (QED) is 0.851. The van der Waals surface area contributed by atoms with Crippen LogP contribution in [-0.4, -0.2) is 9.97 Å². The molecule has 2 N–H and O–H groups in total. The Morgan fingerprint density at radius 3 is 2.94 bits per heavy atom. The van der Waals surface area contributed by atoms with Crippen LogP contribution in [0.4, 0.5) is 0 Å². The molecule has 0 saturated carbocycles. The smallest absolute Gasteiger partial charge is 0.219 e. The second-order valence-corrected chi connectivity index (χ2v) is 3.45. The van der Waals surface area contributed by atoms with E-state index in [0.29, 0.717) is 18.2 Å². The number of aromatic nitrogens is 2.